The molecule has 10 nitrogen and oxygen atoms in total. The monoisotopic (exact) mass is 416 g/mol. The highest BCUT2D eigenvalue weighted by atomic mass is 16.7. The zero-order chi connectivity index (χ0) is 22.0. The molecule has 1 aliphatic rings. The van der Waals surface area contributed by atoms with Crippen molar-refractivity contribution in [2.24, 2.45) is 0 Å². The van der Waals surface area contributed by atoms with Crippen molar-refractivity contribution >= 4 is 23.9 Å². The van der Waals surface area contributed by atoms with E-state index < -0.39 is 54.6 Å². The molecule has 5 unspecified atom stereocenters. The van der Waals surface area contributed by atoms with E-state index in [9.17, 15) is 19.2 Å². The van der Waals surface area contributed by atoms with Crippen LogP contribution in [-0.4, -0.2) is 67.8 Å². The predicted molar refractivity (Wildman–Crippen MR) is 97.3 cm³/mol. The summed E-state index contributed by atoms with van der Waals surface area (Å²) in [5.41, 5.74) is 0. The van der Waals surface area contributed by atoms with Gasteiger partial charge in [-0.2, -0.15) is 0 Å². The van der Waals surface area contributed by atoms with Crippen LogP contribution in [0.5, 0.6) is 0 Å². The molecule has 0 bridgehead atoms. The van der Waals surface area contributed by atoms with E-state index in [1.807, 2.05) is 0 Å². The minimum Gasteiger partial charge on any atom is -0.463 e. The van der Waals surface area contributed by atoms with Crippen LogP contribution in [0, 0.1) is 0 Å². The third-order valence-corrected chi connectivity index (χ3v) is 3.78. The van der Waals surface area contributed by atoms with Crippen LogP contribution in [0.4, 0.5) is 0 Å². The molecule has 5 atom stereocenters. The van der Waals surface area contributed by atoms with Gasteiger partial charge in [-0.3, -0.25) is 19.2 Å². The second-order valence-corrected chi connectivity index (χ2v) is 6.37. The van der Waals surface area contributed by atoms with Gasteiger partial charge in [0.25, 0.3) is 0 Å². The molecular weight excluding hydrogens is 388 g/mol. The Morgan fingerprint density at radius 3 is 1.93 bits per heavy atom. The number of carbonyl (C=O) groups is 4. The standard InChI is InChI=1S/C19H28O10/c1-6-7-8-9-24-19-18(28-14(5)23)17(27-13(4)22)16(26-12(3)21)15(29-19)10-25-11(2)20/h6,15-19H,1,7-10H2,2-5H3. The number of allylic oxidation sites excluding steroid dienone is 1. The Labute approximate surface area is 169 Å². The summed E-state index contributed by atoms with van der Waals surface area (Å²) < 4.78 is 32.3. The van der Waals surface area contributed by atoms with Gasteiger partial charge in [-0.05, 0) is 12.8 Å². The number of hydrogen-bond donors (Lipinski definition) is 0. The molecule has 1 saturated heterocycles. The minimum absolute atomic E-state index is 0.236. The Hall–Kier alpha value is -2.46. The topological polar surface area (TPSA) is 124 Å². The van der Waals surface area contributed by atoms with Crippen molar-refractivity contribution in [1.82, 2.24) is 0 Å². The molecule has 0 amide bonds. The first-order chi connectivity index (χ1) is 13.6. The number of carbonyl (C=O) groups excluding carboxylic acids is 4. The maximum atomic E-state index is 11.7. The lowest BCUT2D eigenvalue weighted by atomic mass is 9.98. The van der Waals surface area contributed by atoms with Crippen LogP contribution in [0.2, 0.25) is 0 Å². The largest absolute Gasteiger partial charge is 0.463 e. The van der Waals surface area contributed by atoms with E-state index in [0.29, 0.717) is 12.8 Å². The van der Waals surface area contributed by atoms with Gasteiger partial charge in [0.05, 0.1) is 6.61 Å². The van der Waals surface area contributed by atoms with E-state index in [0.717, 1.165) is 13.8 Å². The summed E-state index contributed by atoms with van der Waals surface area (Å²) in [7, 11) is 0. The van der Waals surface area contributed by atoms with Crippen LogP contribution in [0.15, 0.2) is 12.7 Å². The van der Waals surface area contributed by atoms with E-state index in [1.54, 1.807) is 6.08 Å². The highest BCUT2D eigenvalue weighted by Crippen LogP contribution is 2.30. The SMILES string of the molecule is C=CCCCOC1OC(COC(C)=O)C(OC(C)=O)C(OC(C)=O)C1OC(C)=O. The molecule has 0 saturated carbocycles. The molecule has 0 radical (unpaired) electrons. The minimum atomic E-state index is -1.22. The van der Waals surface area contributed by atoms with Gasteiger partial charge >= 0.3 is 23.9 Å². The lowest BCUT2D eigenvalue weighted by molar-refractivity contribution is -0.308. The second-order valence-electron chi connectivity index (χ2n) is 6.37. The van der Waals surface area contributed by atoms with Gasteiger partial charge in [0.15, 0.2) is 24.6 Å². The first kappa shape index (κ1) is 24.6. The van der Waals surface area contributed by atoms with Gasteiger partial charge in [-0.25, -0.2) is 0 Å². The maximum Gasteiger partial charge on any atom is 0.303 e. The Morgan fingerprint density at radius 1 is 0.862 bits per heavy atom. The number of unbranched alkanes of at least 4 members (excludes halogenated alkanes) is 1. The van der Waals surface area contributed by atoms with E-state index in [2.05, 4.69) is 6.58 Å². The van der Waals surface area contributed by atoms with Gasteiger partial charge in [-0.1, -0.05) is 6.08 Å². The predicted octanol–water partition coefficient (Wildman–Crippen LogP) is 1.05. The summed E-state index contributed by atoms with van der Waals surface area (Å²) in [5.74, 6) is -2.63. The average molecular weight is 416 g/mol. The number of rotatable bonds is 10. The van der Waals surface area contributed by atoms with Crippen LogP contribution in [0.3, 0.4) is 0 Å². The normalized spacial score (nSPS) is 26.1. The highest BCUT2D eigenvalue weighted by molar-refractivity contribution is 5.68. The van der Waals surface area contributed by atoms with Gasteiger partial charge in [0.1, 0.15) is 12.7 Å². The van der Waals surface area contributed by atoms with E-state index >= 15 is 0 Å². The summed E-state index contributed by atoms with van der Waals surface area (Å²) >= 11 is 0. The summed E-state index contributed by atoms with van der Waals surface area (Å²) in [5, 5.41) is 0. The fourth-order valence-electron chi connectivity index (χ4n) is 2.75. The molecule has 0 aromatic carbocycles. The smallest absolute Gasteiger partial charge is 0.303 e. The molecule has 0 aliphatic carbocycles. The average Bonchev–Trinajstić information content (AvgIpc) is 2.60. The van der Waals surface area contributed by atoms with Crippen LogP contribution >= 0.6 is 0 Å². The number of ether oxygens (including phenoxy) is 6. The van der Waals surface area contributed by atoms with Gasteiger partial charge < -0.3 is 28.4 Å². The quantitative estimate of drug-likeness (QED) is 0.221. The molecule has 1 fully saturated rings. The van der Waals surface area contributed by atoms with Crippen molar-refractivity contribution in [3.05, 3.63) is 12.7 Å². The molecule has 29 heavy (non-hydrogen) atoms. The molecule has 0 spiro atoms. The molecule has 1 heterocycles. The molecule has 0 aromatic rings. The van der Waals surface area contributed by atoms with Crippen LogP contribution in [-0.2, 0) is 47.6 Å². The van der Waals surface area contributed by atoms with E-state index in [-0.39, 0.29) is 13.2 Å². The summed E-state index contributed by atoms with van der Waals surface area (Å²) in [6, 6.07) is 0. The van der Waals surface area contributed by atoms with Gasteiger partial charge in [0.2, 0.25) is 0 Å². The van der Waals surface area contributed by atoms with Crippen molar-refractivity contribution < 1.29 is 47.6 Å². The van der Waals surface area contributed by atoms with Gasteiger partial charge in [-0.15, -0.1) is 6.58 Å². The molecule has 0 aromatic heterocycles. The molecular formula is C19H28O10. The van der Waals surface area contributed by atoms with Crippen LogP contribution < -0.4 is 0 Å². The lowest BCUT2D eigenvalue weighted by Crippen LogP contribution is -2.63. The lowest BCUT2D eigenvalue weighted by Gasteiger charge is -2.44. The van der Waals surface area contributed by atoms with E-state index in [4.69, 9.17) is 28.4 Å². The Balaban J connectivity index is 3.19. The van der Waals surface area contributed by atoms with E-state index in [1.165, 1.54) is 13.8 Å². The maximum absolute atomic E-state index is 11.7. The Bertz CT molecular complexity index is 602. The molecule has 0 N–H and O–H groups in total. The third kappa shape index (κ3) is 8.61. The first-order valence-corrected chi connectivity index (χ1v) is 9.18. The first-order valence-electron chi connectivity index (χ1n) is 9.18. The van der Waals surface area contributed by atoms with Gasteiger partial charge in [0, 0.05) is 27.7 Å². The van der Waals surface area contributed by atoms with Crippen LogP contribution in [0.1, 0.15) is 40.5 Å². The molecule has 1 aliphatic heterocycles. The highest BCUT2D eigenvalue weighted by Gasteiger charge is 2.52. The summed E-state index contributed by atoms with van der Waals surface area (Å²) in [4.78, 5) is 46.1. The zero-order valence-corrected chi connectivity index (χ0v) is 17.1. The Morgan fingerprint density at radius 2 is 1.41 bits per heavy atom. The number of esters is 4. The van der Waals surface area contributed by atoms with Crippen molar-refractivity contribution in [1.29, 1.82) is 0 Å². The molecule has 164 valence electrons. The molecule has 10 heteroatoms. The fraction of sp³-hybridized carbons (Fsp3) is 0.684. The Kier molecular flexibility index (Phi) is 10.3. The zero-order valence-electron chi connectivity index (χ0n) is 17.1. The fourth-order valence-corrected chi connectivity index (χ4v) is 2.75. The van der Waals surface area contributed by atoms with Crippen molar-refractivity contribution in [3.63, 3.8) is 0 Å². The molecule has 1 rings (SSSR count). The van der Waals surface area contributed by atoms with Crippen LogP contribution in [0.25, 0.3) is 0 Å². The third-order valence-electron chi connectivity index (χ3n) is 3.78. The van der Waals surface area contributed by atoms with Crippen molar-refractivity contribution in [2.45, 2.75) is 71.2 Å². The summed E-state index contributed by atoms with van der Waals surface area (Å²) in [6.45, 7) is 8.27. The van der Waals surface area contributed by atoms with Crippen molar-refractivity contribution in [2.75, 3.05) is 13.2 Å². The summed E-state index contributed by atoms with van der Waals surface area (Å²) in [6.07, 6.45) is -2.73. The second kappa shape index (κ2) is 12.2. The number of hydrogen-bond acceptors (Lipinski definition) is 10. The van der Waals surface area contributed by atoms with Crippen molar-refractivity contribution in [3.8, 4) is 0 Å².